The Kier molecular flexibility index (Phi) is 4.72. The number of hydrogen-bond donors (Lipinski definition) is 0. The molecule has 0 radical (unpaired) electrons. The topological polar surface area (TPSA) is 26.3 Å². The molecule has 0 saturated carbocycles. The van der Waals surface area contributed by atoms with Gasteiger partial charge in [0, 0.05) is 6.42 Å². The number of methoxy groups -OCH3 is 1. The van der Waals surface area contributed by atoms with Crippen molar-refractivity contribution in [3.05, 3.63) is 77.9 Å². The molecule has 0 N–H and O–H groups in total. The maximum Gasteiger partial charge on any atom is 0.305 e. The van der Waals surface area contributed by atoms with Gasteiger partial charge < -0.3 is 4.74 Å². The SMILES string of the molecule is C=C(c1ccccc1)c1cccc(CCC(=O)OC)c1. The Morgan fingerprint density at radius 2 is 1.75 bits per heavy atom. The lowest BCUT2D eigenvalue weighted by Gasteiger charge is -2.08. The number of esters is 1. The third kappa shape index (κ3) is 3.58. The van der Waals surface area contributed by atoms with Gasteiger partial charge >= 0.3 is 5.97 Å². The van der Waals surface area contributed by atoms with Crippen LogP contribution in [0.5, 0.6) is 0 Å². The van der Waals surface area contributed by atoms with Crippen LogP contribution in [-0.4, -0.2) is 13.1 Å². The second kappa shape index (κ2) is 6.71. The molecule has 0 spiro atoms. The van der Waals surface area contributed by atoms with E-state index in [0.29, 0.717) is 12.8 Å². The molecule has 2 rings (SSSR count). The highest BCUT2D eigenvalue weighted by Crippen LogP contribution is 2.22. The van der Waals surface area contributed by atoms with Gasteiger partial charge in [-0.15, -0.1) is 0 Å². The molecule has 2 heteroatoms. The number of carbonyl (C=O) groups excluding carboxylic acids is 1. The van der Waals surface area contributed by atoms with E-state index in [9.17, 15) is 4.79 Å². The van der Waals surface area contributed by atoms with Crippen molar-refractivity contribution < 1.29 is 9.53 Å². The van der Waals surface area contributed by atoms with Crippen LogP contribution in [0.25, 0.3) is 5.57 Å². The summed E-state index contributed by atoms with van der Waals surface area (Å²) in [6, 6.07) is 18.2. The molecule has 2 aromatic rings. The normalized spacial score (nSPS) is 10.1. The fraction of sp³-hybridized carbons (Fsp3) is 0.167. The molecule has 0 heterocycles. The second-order valence-corrected chi connectivity index (χ2v) is 4.62. The Labute approximate surface area is 119 Å². The Morgan fingerprint density at radius 1 is 1.05 bits per heavy atom. The zero-order chi connectivity index (χ0) is 14.4. The van der Waals surface area contributed by atoms with Gasteiger partial charge in [0.2, 0.25) is 0 Å². The van der Waals surface area contributed by atoms with E-state index in [1.807, 2.05) is 48.5 Å². The average molecular weight is 266 g/mol. The summed E-state index contributed by atoms with van der Waals surface area (Å²) in [4.78, 5) is 11.2. The van der Waals surface area contributed by atoms with Gasteiger partial charge in [0.25, 0.3) is 0 Å². The first-order valence-electron chi connectivity index (χ1n) is 6.61. The van der Waals surface area contributed by atoms with E-state index in [0.717, 1.165) is 22.3 Å². The molecule has 0 fully saturated rings. The number of aryl methyl sites for hydroxylation is 1. The number of rotatable bonds is 5. The van der Waals surface area contributed by atoms with Crippen LogP contribution in [0.4, 0.5) is 0 Å². The fourth-order valence-electron chi connectivity index (χ4n) is 2.07. The number of carbonyl (C=O) groups is 1. The van der Waals surface area contributed by atoms with E-state index in [1.54, 1.807) is 0 Å². The van der Waals surface area contributed by atoms with Crippen molar-refractivity contribution in [1.82, 2.24) is 0 Å². The van der Waals surface area contributed by atoms with E-state index in [2.05, 4.69) is 17.4 Å². The van der Waals surface area contributed by atoms with Crippen molar-refractivity contribution in [3.63, 3.8) is 0 Å². The minimum atomic E-state index is -0.183. The average Bonchev–Trinajstić information content (AvgIpc) is 2.53. The molecule has 0 saturated heterocycles. The molecule has 0 aliphatic heterocycles. The van der Waals surface area contributed by atoms with Gasteiger partial charge in [0.05, 0.1) is 7.11 Å². The highest BCUT2D eigenvalue weighted by Gasteiger charge is 2.05. The summed E-state index contributed by atoms with van der Waals surface area (Å²) in [6.07, 6.45) is 1.08. The summed E-state index contributed by atoms with van der Waals surface area (Å²) in [5.41, 5.74) is 4.30. The molecule has 0 aliphatic carbocycles. The first kappa shape index (κ1) is 14.1. The number of hydrogen-bond acceptors (Lipinski definition) is 2. The van der Waals surface area contributed by atoms with Crippen molar-refractivity contribution >= 4 is 11.5 Å². The van der Waals surface area contributed by atoms with E-state index in [-0.39, 0.29) is 5.97 Å². The van der Waals surface area contributed by atoms with Crippen LogP contribution < -0.4 is 0 Å². The van der Waals surface area contributed by atoms with E-state index in [1.165, 1.54) is 7.11 Å². The van der Waals surface area contributed by atoms with Gasteiger partial charge in [0.15, 0.2) is 0 Å². The molecule has 0 unspecified atom stereocenters. The van der Waals surface area contributed by atoms with Crippen molar-refractivity contribution in [2.45, 2.75) is 12.8 Å². The van der Waals surface area contributed by atoms with Crippen LogP contribution in [0.1, 0.15) is 23.1 Å². The third-order valence-electron chi connectivity index (χ3n) is 3.24. The molecule has 20 heavy (non-hydrogen) atoms. The fourth-order valence-corrected chi connectivity index (χ4v) is 2.07. The molecule has 102 valence electrons. The van der Waals surface area contributed by atoms with E-state index < -0.39 is 0 Å². The lowest BCUT2D eigenvalue weighted by molar-refractivity contribution is -0.140. The van der Waals surface area contributed by atoms with E-state index in [4.69, 9.17) is 0 Å². The summed E-state index contributed by atoms with van der Waals surface area (Å²) in [5.74, 6) is -0.183. The van der Waals surface area contributed by atoms with Crippen molar-refractivity contribution in [3.8, 4) is 0 Å². The Hall–Kier alpha value is -2.35. The minimum absolute atomic E-state index is 0.183. The van der Waals surface area contributed by atoms with Crippen molar-refractivity contribution in [1.29, 1.82) is 0 Å². The van der Waals surface area contributed by atoms with E-state index >= 15 is 0 Å². The number of benzene rings is 2. The monoisotopic (exact) mass is 266 g/mol. The molecule has 2 nitrogen and oxygen atoms in total. The van der Waals surface area contributed by atoms with Crippen LogP contribution in [0, 0.1) is 0 Å². The zero-order valence-corrected chi connectivity index (χ0v) is 11.6. The molecule has 0 amide bonds. The van der Waals surface area contributed by atoms with Gasteiger partial charge in [-0.3, -0.25) is 4.79 Å². The zero-order valence-electron chi connectivity index (χ0n) is 11.6. The van der Waals surface area contributed by atoms with Gasteiger partial charge in [-0.1, -0.05) is 61.2 Å². The van der Waals surface area contributed by atoms with Gasteiger partial charge in [-0.05, 0) is 28.7 Å². The summed E-state index contributed by atoms with van der Waals surface area (Å²) in [6.45, 7) is 4.16. The Balaban J connectivity index is 2.13. The van der Waals surface area contributed by atoms with Gasteiger partial charge in [0.1, 0.15) is 0 Å². The predicted octanol–water partition coefficient (Wildman–Crippen LogP) is 3.85. The first-order chi connectivity index (χ1) is 9.70. The molecule has 0 aromatic heterocycles. The number of ether oxygens (including phenoxy) is 1. The summed E-state index contributed by atoms with van der Waals surface area (Å²) in [5, 5.41) is 0. The highest BCUT2D eigenvalue weighted by atomic mass is 16.5. The van der Waals surface area contributed by atoms with Crippen LogP contribution >= 0.6 is 0 Å². The summed E-state index contributed by atoms with van der Waals surface area (Å²) < 4.78 is 4.66. The van der Waals surface area contributed by atoms with Crippen LogP contribution in [0.3, 0.4) is 0 Å². The molecule has 0 aliphatic rings. The van der Waals surface area contributed by atoms with Crippen LogP contribution in [0.2, 0.25) is 0 Å². The first-order valence-corrected chi connectivity index (χ1v) is 6.61. The highest BCUT2D eigenvalue weighted by molar-refractivity contribution is 5.78. The third-order valence-corrected chi connectivity index (χ3v) is 3.24. The molecule has 0 bridgehead atoms. The molecule has 2 aromatic carbocycles. The minimum Gasteiger partial charge on any atom is -0.469 e. The van der Waals surface area contributed by atoms with Crippen LogP contribution in [-0.2, 0) is 16.0 Å². The van der Waals surface area contributed by atoms with Crippen molar-refractivity contribution in [2.75, 3.05) is 7.11 Å². The van der Waals surface area contributed by atoms with Gasteiger partial charge in [-0.25, -0.2) is 0 Å². The molecule has 0 atom stereocenters. The molecular formula is C18H18O2. The van der Waals surface area contributed by atoms with Crippen molar-refractivity contribution in [2.24, 2.45) is 0 Å². The quantitative estimate of drug-likeness (QED) is 0.768. The maximum absolute atomic E-state index is 11.2. The lowest BCUT2D eigenvalue weighted by Crippen LogP contribution is -2.02. The standard InChI is InChI=1S/C18H18O2/c1-14(16-8-4-3-5-9-16)17-10-6-7-15(13-17)11-12-18(19)20-2/h3-10,13H,1,11-12H2,2H3. The summed E-state index contributed by atoms with van der Waals surface area (Å²) >= 11 is 0. The largest absolute Gasteiger partial charge is 0.469 e. The Bertz CT molecular complexity index is 600. The lowest BCUT2D eigenvalue weighted by atomic mass is 9.97. The second-order valence-electron chi connectivity index (χ2n) is 4.62. The maximum atomic E-state index is 11.2. The van der Waals surface area contributed by atoms with Gasteiger partial charge in [-0.2, -0.15) is 0 Å². The predicted molar refractivity (Wildman–Crippen MR) is 81.4 cm³/mol. The summed E-state index contributed by atoms with van der Waals surface area (Å²) in [7, 11) is 1.41. The Morgan fingerprint density at radius 3 is 2.45 bits per heavy atom. The molecular weight excluding hydrogens is 248 g/mol. The smallest absolute Gasteiger partial charge is 0.305 e. The van der Waals surface area contributed by atoms with Crippen LogP contribution in [0.15, 0.2) is 61.2 Å².